The topological polar surface area (TPSA) is 67.4 Å². The number of amides is 2. The van der Waals surface area contributed by atoms with Crippen molar-refractivity contribution in [3.05, 3.63) is 29.8 Å². The molecule has 16 heavy (non-hydrogen) atoms. The number of carbonyl (C=O) groups is 2. The maximum absolute atomic E-state index is 11.2. The van der Waals surface area contributed by atoms with E-state index < -0.39 is 0 Å². The van der Waals surface area contributed by atoms with Crippen LogP contribution in [-0.4, -0.2) is 25.7 Å². The van der Waals surface area contributed by atoms with Gasteiger partial charge in [-0.15, -0.1) is 0 Å². The number of methoxy groups -OCH3 is 1. The lowest BCUT2D eigenvalue weighted by atomic mass is 10.1. The molecule has 0 saturated heterocycles. The molecule has 0 saturated carbocycles. The number of ketones is 1. The van der Waals surface area contributed by atoms with E-state index in [9.17, 15) is 9.59 Å². The van der Waals surface area contributed by atoms with E-state index in [0.29, 0.717) is 11.3 Å². The van der Waals surface area contributed by atoms with E-state index in [2.05, 4.69) is 15.4 Å². The molecule has 1 rings (SSSR count). The van der Waals surface area contributed by atoms with E-state index in [1.165, 1.54) is 14.0 Å². The van der Waals surface area contributed by atoms with Crippen molar-refractivity contribution in [3.8, 4) is 0 Å². The quantitative estimate of drug-likeness (QED) is 0.600. The van der Waals surface area contributed by atoms with Gasteiger partial charge in [-0.3, -0.25) is 4.79 Å². The second kappa shape index (κ2) is 5.87. The van der Waals surface area contributed by atoms with Gasteiger partial charge in [-0.1, -0.05) is 0 Å². The zero-order valence-electron chi connectivity index (χ0n) is 9.24. The van der Waals surface area contributed by atoms with Crippen LogP contribution < -0.4 is 10.6 Å². The second-order valence-electron chi connectivity index (χ2n) is 3.20. The van der Waals surface area contributed by atoms with E-state index in [0.717, 1.165) is 0 Å². The van der Waals surface area contributed by atoms with E-state index in [4.69, 9.17) is 0 Å². The number of urea groups is 1. The summed E-state index contributed by atoms with van der Waals surface area (Å²) in [5, 5.41) is 5.08. The zero-order chi connectivity index (χ0) is 12.0. The van der Waals surface area contributed by atoms with Crippen LogP contribution in [0.3, 0.4) is 0 Å². The number of hydrogen-bond acceptors (Lipinski definition) is 3. The third-order valence-electron chi connectivity index (χ3n) is 1.93. The highest BCUT2D eigenvalue weighted by molar-refractivity contribution is 5.95. The number of anilines is 1. The molecule has 0 heterocycles. The summed E-state index contributed by atoms with van der Waals surface area (Å²) in [5.74, 6) is -0.00427. The molecular formula is C11H14N2O3. The number of carbonyl (C=O) groups excluding carboxylic acids is 2. The summed E-state index contributed by atoms with van der Waals surface area (Å²) in [6, 6.07) is 6.31. The van der Waals surface area contributed by atoms with E-state index >= 15 is 0 Å². The normalized spacial score (nSPS) is 9.62. The van der Waals surface area contributed by atoms with Gasteiger partial charge in [-0.05, 0) is 31.2 Å². The van der Waals surface area contributed by atoms with Gasteiger partial charge in [0.05, 0.1) is 0 Å². The van der Waals surface area contributed by atoms with Crippen molar-refractivity contribution in [1.82, 2.24) is 5.32 Å². The lowest BCUT2D eigenvalue weighted by Crippen LogP contribution is -2.30. The maximum atomic E-state index is 11.2. The molecule has 5 heteroatoms. The van der Waals surface area contributed by atoms with Gasteiger partial charge in [0.25, 0.3) is 0 Å². The first-order valence-electron chi connectivity index (χ1n) is 4.78. The third-order valence-corrected chi connectivity index (χ3v) is 1.93. The van der Waals surface area contributed by atoms with Gasteiger partial charge in [0.1, 0.15) is 6.73 Å². The molecule has 0 unspecified atom stereocenters. The van der Waals surface area contributed by atoms with Crippen LogP contribution in [0.25, 0.3) is 0 Å². The Bertz CT molecular complexity index is 373. The van der Waals surface area contributed by atoms with Gasteiger partial charge >= 0.3 is 6.03 Å². The number of benzene rings is 1. The van der Waals surface area contributed by atoms with Crippen molar-refractivity contribution in [3.63, 3.8) is 0 Å². The summed E-state index contributed by atoms with van der Waals surface area (Å²) >= 11 is 0. The molecule has 86 valence electrons. The van der Waals surface area contributed by atoms with Gasteiger partial charge in [-0.2, -0.15) is 0 Å². The molecule has 0 atom stereocenters. The van der Waals surface area contributed by atoms with Crippen molar-refractivity contribution in [2.24, 2.45) is 0 Å². The summed E-state index contributed by atoms with van der Waals surface area (Å²) in [5.41, 5.74) is 1.24. The number of rotatable bonds is 4. The van der Waals surface area contributed by atoms with Crippen molar-refractivity contribution in [1.29, 1.82) is 0 Å². The minimum absolute atomic E-state index is 0.00427. The predicted octanol–water partition coefficient (Wildman–Crippen LogP) is 1.61. The third kappa shape index (κ3) is 3.70. The first kappa shape index (κ1) is 12.2. The van der Waals surface area contributed by atoms with Gasteiger partial charge in [-0.25, -0.2) is 4.79 Å². The van der Waals surface area contributed by atoms with E-state index in [1.807, 2.05) is 0 Å². The highest BCUT2D eigenvalue weighted by Gasteiger charge is 2.02. The smallest absolute Gasteiger partial charge is 0.321 e. The molecule has 0 aliphatic carbocycles. The lowest BCUT2D eigenvalue weighted by molar-refractivity contribution is 0.101. The zero-order valence-corrected chi connectivity index (χ0v) is 9.24. The number of Topliss-reactive ketones (excluding diaryl/α,β-unsaturated/α-hetero) is 1. The fourth-order valence-corrected chi connectivity index (χ4v) is 1.10. The fraction of sp³-hybridized carbons (Fsp3) is 0.273. The van der Waals surface area contributed by atoms with Crippen LogP contribution in [0.2, 0.25) is 0 Å². The average molecular weight is 222 g/mol. The highest BCUT2D eigenvalue weighted by atomic mass is 16.5. The van der Waals surface area contributed by atoms with Crippen LogP contribution in [0, 0.1) is 0 Å². The Morgan fingerprint density at radius 2 is 1.88 bits per heavy atom. The molecule has 5 nitrogen and oxygen atoms in total. The van der Waals surface area contributed by atoms with Crippen LogP contribution in [0.15, 0.2) is 24.3 Å². The van der Waals surface area contributed by atoms with Crippen molar-refractivity contribution in [2.45, 2.75) is 6.92 Å². The molecule has 0 spiro atoms. The molecule has 0 bridgehead atoms. The molecule has 1 aromatic rings. The molecule has 0 aliphatic heterocycles. The molecule has 0 aliphatic rings. The Hall–Kier alpha value is -1.88. The fourth-order valence-electron chi connectivity index (χ4n) is 1.10. The molecule has 2 N–H and O–H groups in total. The minimum atomic E-state index is -0.350. The highest BCUT2D eigenvalue weighted by Crippen LogP contribution is 2.09. The molecule has 2 amide bonds. The van der Waals surface area contributed by atoms with Crippen molar-refractivity contribution >= 4 is 17.5 Å². The van der Waals surface area contributed by atoms with Gasteiger partial charge in [0.2, 0.25) is 0 Å². The van der Waals surface area contributed by atoms with E-state index in [-0.39, 0.29) is 18.5 Å². The largest absolute Gasteiger partial charge is 0.364 e. The SMILES string of the molecule is COCNC(=O)Nc1ccc(C(C)=O)cc1. The average Bonchev–Trinajstić information content (AvgIpc) is 2.27. The molecule has 0 radical (unpaired) electrons. The number of ether oxygens (including phenoxy) is 1. The summed E-state index contributed by atoms with van der Waals surface area (Å²) in [6.07, 6.45) is 0. The Morgan fingerprint density at radius 3 is 2.38 bits per heavy atom. The summed E-state index contributed by atoms with van der Waals surface area (Å²) < 4.78 is 4.68. The minimum Gasteiger partial charge on any atom is -0.364 e. The Labute approximate surface area is 93.8 Å². The van der Waals surface area contributed by atoms with E-state index in [1.54, 1.807) is 24.3 Å². The summed E-state index contributed by atoms with van der Waals surface area (Å²) in [6.45, 7) is 1.64. The predicted molar refractivity (Wildman–Crippen MR) is 60.5 cm³/mol. The Kier molecular flexibility index (Phi) is 4.47. The van der Waals surface area contributed by atoms with Gasteiger partial charge in [0, 0.05) is 18.4 Å². The first-order valence-corrected chi connectivity index (χ1v) is 4.78. The lowest BCUT2D eigenvalue weighted by Gasteiger charge is -2.06. The van der Waals surface area contributed by atoms with Crippen molar-refractivity contribution < 1.29 is 14.3 Å². The monoisotopic (exact) mass is 222 g/mol. The summed E-state index contributed by atoms with van der Waals surface area (Å²) in [7, 11) is 1.49. The van der Waals surface area contributed by atoms with Crippen LogP contribution in [0.1, 0.15) is 17.3 Å². The van der Waals surface area contributed by atoms with Crippen LogP contribution in [0.5, 0.6) is 0 Å². The number of hydrogen-bond donors (Lipinski definition) is 2. The van der Waals surface area contributed by atoms with Crippen molar-refractivity contribution in [2.75, 3.05) is 19.2 Å². The van der Waals surface area contributed by atoms with Gasteiger partial charge < -0.3 is 15.4 Å². The van der Waals surface area contributed by atoms with Crippen LogP contribution in [0.4, 0.5) is 10.5 Å². The molecule has 0 fully saturated rings. The van der Waals surface area contributed by atoms with Crippen LogP contribution >= 0.6 is 0 Å². The van der Waals surface area contributed by atoms with Crippen LogP contribution in [-0.2, 0) is 4.74 Å². The standard InChI is InChI=1S/C11H14N2O3/c1-8(14)9-3-5-10(6-4-9)13-11(15)12-7-16-2/h3-6H,7H2,1-2H3,(H2,12,13,15). The first-order chi connectivity index (χ1) is 7.63. The Balaban J connectivity index is 2.55. The number of nitrogens with one attached hydrogen (secondary N) is 2. The second-order valence-corrected chi connectivity index (χ2v) is 3.20. The summed E-state index contributed by atoms with van der Waals surface area (Å²) in [4.78, 5) is 22.2. The van der Waals surface area contributed by atoms with Gasteiger partial charge in [0.15, 0.2) is 5.78 Å². The maximum Gasteiger partial charge on any atom is 0.321 e. The molecule has 0 aromatic heterocycles. The molecule has 1 aromatic carbocycles. The molecular weight excluding hydrogens is 208 g/mol. The Morgan fingerprint density at radius 1 is 1.25 bits per heavy atom.